The highest BCUT2D eigenvalue weighted by atomic mass is 127. The minimum absolute atomic E-state index is 0.0531. The lowest BCUT2D eigenvalue weighted by molar-refractivity contribution is 0.0748. The van der Waals surface area contributed by atoms with E-state index in [0.29, 0.717) is 30.2 Å². The summed E-state index contributed by atoms with van der Waals surface area (Å²) in [4.78, 5) is 14.4. The van der Waals surface area contributed by atoms with E-state index < -0.39 is 0 Å². The molecule has 1 amide bonds. The molecule has 0 bridgehead atoms. The Morgan fingerprint density at radius 1 is 1.19 bits per heavy atom. The van der Waals surface area contributed by atoms with Gasteiger partial charge in [-0.25, -0.2) is 0 Å². The van der Waals surface area contributed by atoms with E-state index in [2.05, 4.69) is 22.6 Å². The fraction of sp³-hybridized carbons (Fsp3) is 0.188. The molecule has 0 saturated carbocycles. The van der Waals surface area contributed by atoms with Crippen LogP contribution >= 0.6 is 34.2 Å². The zero-order chi connectivity index (χ0) is 15.2. The standard InChI is InChI=1S/C16H16ClIN2O/c17-14-10-13(6-7-15(14)18)16(21)20(9-8-19)11-12-4-2-1-3-5-12/h1-7,10H,8-9,11,19H2. The third-order valence-corrected chi connectivity index (χ3v) is 4.64. The van der Waals surface area contributed by atoms with Gasteiger partial charge in [-0.1, -0.05) is 41.9 Å². The van der Waals surface area contributed by atoms with Crippen molar-refractivity contribution < 1.29 is 4.79 Å². The molecule has 5 heteroatoms. The van der Waals surface area contributed by atoms with Gasteiger partial charge in [-0.3, -0.25) is 4.79 Å². The lowest BCUT2D eigenvalue weighted by atomic mass is 10.1. The van der Waals surface area contributed by atoms with Crippen LogP contribution in [-0.2, 0) is 6.54 Å². The molecule has 2 aromatic rings. The number of amides is 1. The number of hydrogen-bond acceptors (Lipinski definition) is 2. The van der Waals surface area contributed by atoms with Crippen LogP contribution in [0.15, 0.2) is 48.5 Å². The summed E-state index contributed by atoms with van der Waals surface area (Å²) in [5.74, 6) is -0.0531. The summed E-state index contributed by atoms with van der Waals surface area (Å²) >= 11 is 8.24. The van der Waals surface area contributed by atoms with E-state index >= 15 is 0 Å². The van der Waals surface area contributed by atoms with Gasteiger partial charge in [0, 0.05) is 28.8 Å². The van der Waals surface area contributed by atoms with Gasteiger partial charge in [0.25, 0.3) is 5.91 Å². The molecular formula is C16H16ClIN2O. The monoisotopic (exact) mass is 414 g/mol. The molecule has 0 heterocycles. The molecule has 0 fully saturated rings. The summed E-state index contributed by atoms with van der Waals surface area (Å²) < 4.78 is 0.930. The number of halogens is 2. The first kappa shape index (κ1) is 16.3. The van der Waals surface area contributed by atoms with Gasteiger partial charge in [-0.05, 0) is 46.4 Å². The van der Waals surface area contributed by atoms with Gasteiger partial charge in [0.05, 0.1) is 5.02 Å². The lowest BCUT2D eigenvalue weighted by Crippen LogP contribution is -2.34. The summed E-state index contributed by atoms with van der Waals surface area (Å²) in [6.45, 7) is 1.48. The van der Waals surface area contributed by atoms with Crippen molar-refractivity contribution in [3.8, 4) is 0 Å². The van der Waals surface area contributed by atoms with Crippen LogP contribution in [0.5, 0.6) is 0 Å². The van der Waals surface area contributed by atoms with E-state index in [4.69, 9.17) is 17.3 Å². The predicted molar refractivity (Wildman–Crippen MR) is 94.4 cm³/mol. The van der Waals surface area contributed by atoms with Gasteiger partial charge < -0.3 is 10.6 Å². The molecule has 0 saturated heterocycles. The first-order chi connectivity index (χ1) is 10.1. The summed E-state index contributed by atoms with van der Waals surface area (Å²) in [6, 6.07) is 15.2. The quantitative estimate of drug-likeness (QED) is 0.761. The molecule has 0 spiro atoms. The van der Waals surface area contributed by atoms with E-state index in [1.165, 1.54) is 0 Å². The van der Waals surface area contributed by atoms with Gasteiger partial charge in [0.1, 0.15) is 0 Å². The fourth-order valence-electron chi connectivity index (χ4n) is 2.02. The highest BCUT2D eigenvalue weighted by Gasteiger charge is 2.16. The number of carbonyl (C=O) groups is 1. The average Bonchev–Trinajstić information content (AvgIpc) is 2.50. The van der Waals surface area contributed by atoms with Crippen LogP contribution in [0.3, 0.4) is 0 Å². The Morgan fingerprint density at radius 3 is 2.52 bits per heavy atom. The van der Waals surface area contributed by atoms with E-state index in [-0.39, 0.29) is 5.91 Å². The molecule has 2 rings (SSSR count). The normalized spacial score (nSPS) is 10.4. The SMILES string of the molecule is NCCN(Cc1ccccc1)C(=O)c1ccc(I)c(Cl)c1. The third kappa shape index (κ3) is 4.43. The zero-order valence-corrected chi connectivity index (χ0v) is 14.3. The Labute approximate surface area is 143 Å². The summed E-state index contributed by atoms with van der Waals surface area (Å²) in [7, 11) is 0. The lowest BCUT2D eigenvalue weighted by Gasteiger charge is -2.22. The second kappa shape index (κ2) is 7.77. The highest BCUT2D eigenvalue weighted by Crippen LogP contribution is 2.21. The van der Waals surface area contributed by atoms with E-state index in [1.54, 1.807) is 17.0 Å². The molecular weight excluding hydrogens is 399 g/mol. The second-order valence-electron chi connectivity index (χ2n) is 4.63. The van der Waals surface area contributed by atoms with Crippen LogP contribution < -0.4 is 5.73 Å². The van der Waals surface area contributed by atoms with Crippen molar-refractivity contribution in [3.63, 3.8) is 0 Å². The molecule has 2 N–H and O–H groups in total. The Balaban J connectivity index is 2.20. The van der Waals surface area contributed by atoms with Crippen molar-refractivity contribution in [2.45, 2.75) is 6.54 Å². The van der Waals surface area contributed by atoms with Crippen molar-refractivity contribution in [2.24, 2.45) is 5.73 Å². The predicted octanol–water partition coefficient (Wildman–Crippen LogP) is 3.55. The molecule has 3 nitrogen and oxygen atoms in total. The Bertz CT molecular complexity index is 619. The van der Waals surface area contributed by atoms with Crippen LogP contribution in [0.2, 0.25) is 5.02 Å². The topological polar surface area (TPSA) is 46.3 Å². The Morgan fingerprint density at radius 2 is 1.90 bits per heavy atom. The smallest absolute Gasteiger partial charge is 0.254 e. The van der Waals surface area contributed by atoms with Crippen LogP contribution in [0.25, 0.3) is 0 Å². The van der Waals surface area contributed by atoms with Crippen LogP contribution in [0.1, 0.15) is 15.9 Å². The summed E-state index contributed by atoms with van der Waals surface area (Å²) in [6.07, 6.45) is 0. The largest absolute Gasteiger partial charge is 0.333 e. The summed E-state index contributed by atoms with van der Waals surface area (Å²) in [5, 5.41) is 0.592. The third-order valence-electron chi connectivity index (χ3n) is 3.07. The number of nitrogens with zero attached hydrogens (tertiary/aromatic N) is 1. The van der Waals surface area contributed by atoms with Crippen molar-refractivity contribution in [2.75, 3.05) is 13.1 Å². The van der Waals surface area contributed by atoms with Crippen molar-refractivity contribution in [3.05, 3.63) is 68.3 Å². The number of hydrogen-bond donors (Lipinski definition) is 1. The van der Waals surface area contributed by atoms with E-state index in [9.17, 15) is 4.79 Å². The maximum absolute atomic E-state index is 12.6. The highest BCUT2D eigenvalue weighted by molar-refractivity contribution is 14.1. The minimum atomic E-state index is -0.0531. The molecule has 21 heavy (non-hydrogen) atoms. The minimum Gasteiger partial charge on any atom is -0.333 e. The molecule has 0 aliphatic heterocycles. The first-order valence-electron chi connectivity index (χ1n) is 6.60. The van der Waals surface area contributed by atoms with E-state index in [1.807, 2.05) is 36.4 Å². The molecule has 0 aliphatic carbocycles. The number of carbonyl (C=O) groups excluding carboxylic acids is 1. The Hall–Kier alpha value is -1.11. The van der Waals surface area contributed by atoms with Crippen molar-refractivity contribution in [1.29, 1.82) is 0 Å². The van der Waals surface area contributed by atoms with Gasteiger partial charge in [0.15, 0.2) is 0 Å². The van der Waals surface area contributed by atoms with Crippen molar-refractivity contribution in [1.82, 2.24) is 4.90 Å². The maximum Gasteiger partial charge on any atom is 0.254 e. The van der Waals surface area contributed by atoms with Crippen LogP contribution in [0, 0.1) is 3.57 Å². The molecule has 0 radical (unpaired) electrons. The van der Waals surface area contributed by atoms with Crippen LogP contribution in [-0.4, -0.2) is 23.9 Å². The second-order valence-corrected chi connectivity index (χ2v) is 6.20. The Kier molecular flexibility index (Phi) is 6.02. The van der Waals surface area contributed by atoms with Crippen molar-refractivity contribution >= 4 is 40.1 Å². The van der Waals surface area contributed by atoms with Gasteiger partial charge >= 0.3 is 0 Å². The molecule has 0 unspecified atom stereocenters. The number of benzene rings is 2. The number of nitrogens with two attached hydrogens (primary N) is 1. The molecule has 0 atom stereocenters. The van der Waals surface area contributed by atoms with E-state index in [0.717, 1.165) is 9.13 Å². The fourth-order valence-corrected chi connectivity index (χ4v) is 2.54. The molecule has 0 aromatic heterocycles. The first-order valence-corrected chi connectivity index (χ1v) is 8.06. The van der Waals surface area contributed by atoms with Gasteiger partial charge in [-0.15, -0.1) is 0 Å². The van der Waals surface area contributed by atoms with Gasteiger partial charge in [-0.2, -0.15) is 0 Å². The maximum atomic E-state index is 12.6. The van der Waals surface area contributed by atoms with Crippen LogP contribution in [0.4, 0.5) is 0 Å². The molecule has 0 aliphatic rings. The van der Waals surface area contributed by atoms with Gasteiger partial charge in [0.2, 0.25) is 0 Å². The zero-order valence-electron chi connectivity index (χ0n) is 11.4. The molecule has 2 aromatic carbocycles. The summed E-state index contributed by atoms with van der Waals surface area (Å²) in [5.41, 5.74) is 7.30. The average molecular weight is 415 g/mol. The molecule has 110 valence electrons. The number of rotatable bonds is 5.